The quantitative estimate of drug-likeness (QED) is 0.375. The Hall–Kier alpha value is -3.99. The predicted molar refractivity (Wildman–Crippen MR) is 138 cm³/mol. The lowest BCUT2D eigenvalue weighted by Gasteiger charge is -2.17. The van der Waals surface area contributed by atoms with Gasteiger partial charge >= 0.3 is 0 Å². The molecule has 0 radical (unpaired) electrons. The highest BCUT2D eigenvalue weighted by atomic mass is 16.5. The molecule has 0 aliphatic rings. The Bertz CT molecular complexity index is 1400. The van der Waals surface area contributed by atoms with Gasteiger partial charge in [-0.05, 0) is 13.0 Å². The summed E-state index contributed by atoms with van der Waals surface area (Å²) in [5.41, 5.74) is 3.39. The summed E-state index contributed by atoms with van der Waals surface area (Å²) in [5, 5.41) is 10.6. The molecule has 190 valence electrons. The fourth-order valence-corrected chi connectivity index (χ4v) is 3.96. The molecule has 4 aromatic heterocycles. The zero-order valence-electron chi connectivity index (χ0n) is 21.7. The number of carbonyl (C=O) groups is 1. The van der Waals surface area contributed by atoms with Gasteiger partial charge in [-0.1, -0.05) is 20.8 Å². The van der Waals surface area contributed by atoms with Crippen LogP contribution in [0.1, 0.15) is 38.4 Å². The monoisotopic (exact) mass is 492 g/mol. The average molecular weight is 493 g/mol. The van der Waals surface area contributed by atoms with Crippen molar-refractivity contribution in [1.82, 2.24) is 29.3 Å². The third kappa shape index (κ3) is 5.30. The van der Waals surface area contributed by atoms with Crippen molar-refractivity contribution in [3.63, 3.8) is 0 Å². The number of fused-ring (bicyclic) bond motifs is 1. The van der Waals surface area contributed by atoms with Gasteiger partial charge in [0.15, 0.2) is 17.2 Å². The minimum Gasteiger partial charge on any atom is -0.455 e. The molecule has 11 heteroatoms. The van der Waals surface area contributed by atoms with Gasteiger partial charge in [0.1, 0.15) is 11.6 Å². The van der Waals surface area contributed by atoms with Crippen molar-refractivity contribution in [3.05, 3.63) is 41.9 Å². The second-order valence-electron chi connectivity index (χ2n) is 9.60. The van der Waals surface area contributed by atoms with Crippen LogP contribution in [0.3, 0.4) is 0 Å². The number of rotatable bonds is 8. The van der Waals surface area contributed by atoms with Crippen LogP contribution in [0, 0.1) is 6.92 Å². The van der Waals surface area contributed by atoms with E-state index in [1.54, 1.807) is 31.6 Å². The van der Waals surface area contributed by atoms with Crippen molar-refractivity contribution < 1.29 is 14.3 Å². The fraction of sp³-hybridized carbons (Fsp3) is 0.400. The topological polar surface area (TPSA) is 121 Å². The Morgan fingerprint density at radius 2 is 1.92 bits per heavy atom. The van der Waals surface area contributed by atoms with Crippen LogP contribution in [-0.2, 0) is 29.0 Å². The summed E-state index contributed by atoms with van der Waals surface area (Å²) in [4.78, 5) is 25.3. The normalized spacial score (nSPS) is 11.6. The SMILES string of the molecule is COCCC(=O)Nc1cc(Oc2cnc3nc(Nc4cc(C(C)(C)C)n(C)n4)n(C)c3c2C)ccn1. The summed E-state index contributed by atoms with van der Waals surface area (Å²) < 4.78 is 14.9. The van der Waals surface area contributed by atoms with Gasteiger partial charge in [-0.25, -0.2) is 9.97 Å². The summed E-state index contributed by atoms with van der Waals surface area (Å²) in [7, 11) is 5.41. The number of aromatic nitrogens is 6. The molecular weight excluding hydrogens is 460 g/mol. The minimum absolute atomic E-state index is 0.0298. The molecule has 2 N–H and O–H groups in total. The summed E-state index contributed by atoms with van der Waals surface area (Å²) in [5.74, 6) is 2.66. The lowest BCUT2D eigenvalue weighted by atomic mass is 9.92. The van der Waals surface area contributed by atoms with E-state index in [1.807, 2.05) is 36.3 Å². The third-order valence-electron chi connectivity index (χ3n) is 5.75. The predicted octanol–water partition coefficient (Wildman–Crippen LogP) is 4.21. The van der Waals surface area contributed by atoms with Gasteiger partial charge in [-0.15, -0.1) is 0 Å². The van der Waals surface area contributed by atoms with Gasteiger partial charge in [0.2, 0.25) is 11.9 Å². The van der Waals surface area contributed by atoms with Crippen molar-refractivity contribution in [2.75, 3.05) is 24.4 Å². The van der Waals surface area contributed by atoms with Gasteiger partial charge in [0.25, 0.3) is 0 Å². The molecule has 11 nitrogen and oxygen atoms in total. The lowest BCUT2D eigenvalue weighted by molar-refractivity contribution is -0.117. The number of hydrogen-bond donors (Lipinski definition) is 2. The second kappa shape index (κ2) is 9.94. The van der Waals surface area contributed by atoms with Crippen molar-refractivity contribution in [2.45, 2.75) is 39.5 Å². The van der Waals surface area contributed by atoms with Crippen LogP contribution < -0.4 is 15.4 Å². The molecule has 4 rings (SSSR count). The zero-order chi connectivity index (χ0) is 26.0. The maximum absolute atomic E-state index is 12.0. The molecule has 0 aliphatic carbocycles. The van der Waals surface area contributed by atoms with Gasteiger partial charge in [-0.2, -0.15) is 10.1 Å². The maximum atomic E-state index is 12.0. The number of ether oxygens (including phenoxy) is 2. The molecule has 0 fully saturated rings. The van der Waals surface area contributed by atoms with E-state index in [9.17, 15) is 4.79 Å². The number of nitrogens with one attached hydrogen (secondary N) is 2. The number of imidazole rings is 1. The lowest BCUT2D eigenvalue weighted by Crippen LogP contribution is -2.16. The smallest absolute Gasteiger partial charge is 0.227 e. The number of pyridine rings is 2. The van der Waals surface area contributed by atoms with Gasteiger partial charge in [0.05, 0.1) is 24.7 Å². The molecule has 0 spiro atoms. The van der Waals surface area contributed by atoms with Crippen LogP contribution in [0.4, 0.5) is 17.6 Å². The number of carbonyl (C=O) groups excluding carboxylic acids is 1. The highest BCUT2D eigenvalue weighted by Gasteiger charge is 2.21. The van der Waals surface area contributed by atoms with Gasteiger partial charge < -0.3 is 24.7 Å². The van der Waals surface area contributed by atoms with E-state index in [0.717, 1.165) is 16.8 Å². The Morgan fingerprint density at radius 1 is 1.14 bits per heavy atom. The number of nitrogens with zero attached hydrogens (tertiary/aromatic N) is 6. The molecule has 0 bridgehead atoms. The highest BCUT2D eigenvalue weighted by Crippen LogP contribution is 2.32. The molecule has 4 heterocycles. The van der Waals surface area contributed by atoms with Crippen LogP contribution in [0.15, 0.2) is 30.6 Å². The third-order valence-corrected chi connectivity index (χ3v) is 5.75. The number of amides is 1. The number of methoxy groups -OCH3 is 1. The highest BCUT2D eigenvalue weighted by molar-refractivity contribution is 5.90. The summed E-state index contributed by atoms with van der Waals surface area (Å²) >= 11 is 0. The van der Waals surface area contributed by atoms with E-state index >= 15 is 0 Å². The molecule has 0 saturated carbocycles. The number of aryl methyl sites for hydroxylation is 3. The van der Waals surface area contributed by atoms with E-state index < -0.39 is 0 Å². The standard InChI is InChI=1S/C25H32N8O3/c1-15-17(36-16-8-10-26-19(12-16)28-21(34)9-11-35-7)14-27-23-22(15)32(5)24(30-23)29-20-13-18(25(2,3)4)33(6)31-20/h8,10,12-14H,9,11H2,1-7H3,(H,26,28,34)(H,27,29,30,31). The van der Waals surface area contributed by atoms with Gasteiger partial charge in [-0.3, -0.25) is 9.48 Å². The summed E-state index contributed by atoms with van der Waals surface area (Å²) in [6.07, 6.45) is 3.47. The average Bonchev–Trinajstić information content (AvgIpc) is 3.34. The summed E-state index contributed by atoms with van der Waals surface area (Å²) in [6.45, 7) is 8.75. The molecular formula is C25H32N8O3. The fourth-order valence-electron chi connectivity index (χ4n) is 3.96. The molecule has 0 aliphatic heterocycles. The van der Waals surface area contributed by atoms with Crippen molar-refractivity contribution in [3.8, 4) is 11.5 Å². The van der Waals surface area contributed by atoms with E-state index in [2.05, 4.69) is 51.5 Å². The molecule has 0 saturated heterocycles. The van der Waals surface area contributed by atoms with Crippen molar-refractivity contribution in [2.24, 2.45) is 14.1 Å². The second-order valence-corrected chi connectivity index (χ2v) is 9.60. The van der Waals surface area contributed by atoms with Crippen molar-refractivity contribution in [1.29, 1.82) is 0 Å². The Labute approximate surface area is 209 Å². The molecule has 0 aromatic carbocycles. The van der Waals surface area contributed by atoms with Crippen LogP contribution in [0.25, 0.3) is 11.2 Å². The first-order valence-corrected chi connectivity index (χ1v) is 11.6. The zero-order valence-corrected chi connectivity index (χ0v) is 21.7. The number of hydrogen-bond acceptors (Lipinski definition) is 8. The van der Waals surface area contributed by atoms with E-state index in [0.29, 0.717) is 41.3 Å². The molecule has 36 heavy (non-hydrogen) atoms. The van der Waals surface area contributed by atoms with E-state index in [-0.39, 0.29) is 17.7 Å². The largest absolute Gasteiger partial charge is 0.455 e. The van der Waals surface area contributed by atoms with Crippen molar-refractivity contribution >= 4 is 34.7 Å². The van der Waals surface area contributed by atoms with Gasteiger partial charge in [0, 0.05) is 56.2 Å². The van der Waals surface area contributed by atoms with E-state index in [1.165, 1.54) is 0 Å². The Morgan fingerprint density at radius 3 is 2.61 bits per heavy atom. The molecule has 0 unspecified atom stereocenters. The molecule has 0 atom stereocenters. The Kier molecular flexibility index (Phi) is 6.93. The number of anilines is 3. The minimum atomic E-state index is -0.182. The van der Waals surface area contributed by atoms with Crippen LogP contribution >= 0.6 is 0 Å². The first-order valence-electron chi connectivity index (χ1n) is 11.6. The first-order chi connectivity index (χ1) is 17.1. The maximum Gasteiger partial charge on any atom is 0.227 e. The van der Waals surface area contributed by atoms with E-state index in [4.69, 9.17) is 9.47 Å². The Balaban J connectivity index is 1.57. The first kappa shape index (κ1) is 25.1. The molecule has 1 amide bonds. The summed E-state index contributed by atoms with van der Waals surface area (Å²) in [6, 6.07) is 5.42. The van der Waals surface area contributed by atoms with Crippen LogP contribution in [0.5, 0.6) is 11.5 Å². The van der Waals surface area contributed by atoms with Crippen LogP contribution in [-0.4, -0.2) is 48.9 Å². The molecule has 4 aromatic rings. The van der Waals surface area contributed by atoms with Crippen LogP contribution in [0.2, 0.25) is 0 Å².